The normalized spacial score (nSPS) is 15.1. The number of nitrogens with one attached hydrogen (secondary N) is 1. The molecule has 1 aliphatic heterocycles. The molecule has 1 saturated heterocycles. The van der Waals surface area contributed by atoms with Gasteiger partial charge in [-0.2, -0.15) is 5.10 Å². The summed E-state index contributed by atoms with van der Waals surface area (Å²) in [6, 6.07) is 16.1. The maximum absolute atomic E-state index is 13.1. The van der Waals surface area contributed by atoms with Gasteiger partial charge in [0, 0.05) is 13.1 Å². The van der Waals surface area contributed by atoms with Gasteiger partial charge in [0.15, 0.2) is 5.69 Å². The predicted molar refractivity (Wildman–Crippen MR) is 114 cm³/mol. The Morgan fingerprint density at radius 1 is 1.18 bits per heavy atom. The topological polar surface area (TPSA) is 50.2 Å². The molecule has 146 valence electrons. The Kier molecular flexibility index (Phi) is 5.88. The molecule has 1 aromatic carbocycles. The maximum Gasteiger partial charge on any atom is 0.274 e. The van der Waals surface area contributed by atoms with Gasteiger partial charge >= 0.3 is 0 Å². The van der Waals surface area contributed by atoms with Crippen molar-refractivity contribution in [1.82, 2.24) is 20.0 Å². The van der Waals surface area contributed by atoms with Gasteiger partial charge in [-0.3, -0.25) is 4.79 Å². The number of hydrogen-bond donors (Lipinski definition) is 1. The van der Waals surface area contributed by atoms with E-state index in [-0.39, 0.29) is 5.91 Å². The minimum atomic E-state index is 0.0413. The second-order valence-corrected chi connectivity index (χ2v) is 8.21. The van der Waals surface area contributed by atoms with E-state index in [9.17, 15) is 4.79 Å². The lowest BCUT2D eigenvalue weighted by Crippen LogP contribution is -2.39. The van der Waals surface area contributed by atoms with Gasteiger partial charge in [-0.1, -0.05) is 24.3 Å². The van der Waals surface area contributed by atoms with Crippen molar-refractivity contribution in [1.29, 1.82) is 0 Å². The molecule has 1 aliphatic rings. The first kappa shape index (κ1) is 18.9. The van der Waals surface area contributed by atoms with Gasteiger partial charge in [0.25, 0.3) is 5.91 Å². The third-order valence-corrected chi connectivity index (χ3v) is 6.30. The zero-order valence-corrected chi connectivity index (χ0v) is 17.0. The molecular formula is C22H26N4OS. The highest BCUT2D eigenvalue weighted by Crippen LogP contribution is 2.29. The summed E-state index contributed by atoms with van der Waals surface area (Å²) in [5, 5.41) is 9.97. The third kappa shape index (κ3) is 4.03. The van der Waals surface area contributed by atoms with E-state index in [0.717, 1.165) is 48.7 Å². The Morgan fingerprint density at radius 3 is 2.64 bits per heavy atom. The van der Waals surface area contributed by atoms with E-state index in [2.05, 4.69) is 16.8 Å². The molecule has 2 aromatic heterocycles. The number of carbonyl (C=O) groups excluding carboxylic acids is 1. The van der Waals surface area contributed by atoms with Crippen LogP contribution < -0.4 is 5.32 Å². The first-order valence-electron chi connectivity index (χ1n) is 9.89. The van der Waals surface area contributed by atoms with Gasteiger partial charge in [-0.05, 0) is 68.4 Å². The summed E-state index contributed by atoms with van der Waals surface area (Å²) in [5.74, 6) is 0.750. The van der Waals surface area contributed by atoms with Crippen molar-refractivity contribution in [2.45, 2.75) is 19.3 Å². The maximum atomic E-state index is 13.1. The summed E-state index contributed by atoms with van der Waals surface area (Å²) in [4.78, 5) is 16.2. The molecule has 4 rings (SSSR count). The first-order valence-corrected chi connectivity index (χ1v) is 10.8. The fraction of sp³-hybridized carbons (Fsp3) is 0.364. The number of carbonyl (C=O) groups is 1. The molecule has 0 bridgehead atoms. The minimum Gasteiger partial charge on any atom is -0.337 e. The van der Waals surface area contributed by atoms with Crippen molar-refractivity contribution < 1.29 is 4.79 Å². The fourth-order valence-electron chi connectivity index (χ4n) is 3.79. The number of piperidine rings is 1. The van der Waals surface area contributed by atoms with Gasteiger partial charge in [0.05, 0.1) is 16.3 Å². The SMILES string of the molecule is CNCCC1CCN(C(=O)c2cc(-c3cccs3)n(-c3ccccc3)n2)CC1. The highest BCUT2D eigenvalue weighted by molar-refractivity contribution is 7.13. The molecule has 0 aliphatic carbocycles. The molecule has 0 spiro atoms. The number of aromatic nitrogens is 2. The van der Waals surface area contributed by atoms with Crippen LogP contribution in [0.25, 0.3) is 16.3 Å². The molecule has 0 radical (unpaired) electrons. The van der Waals surface area contributed by atoms with Crippen LogP contribution in [0.2, 0.25) is 0 Å². The summed E-state index contributed by atoms with van der Waals surface area (Å²) in [6.45, 7) is 2.68. The molecule has 0 unspecified atom stereocenters. The average molecular weight is 395 g/mol. The van der Waals surface area contributed by atoms with E-state index in [1.807, 2.05) is 59.1 Å². The monoisotopic (exact) mass is 394 g/mol. The van der Waals surface area contributed by atoms with Crippen LogP contribution in [0.15, 0.2) is 53.9 Å². The van der Waals surface area contributed by atoms with Crippen LogP contribution in [0.4, 0.5) is 0 Å². The van der Waals surface area contributed by atoms with E-state index < -0.39 is 0 Å². The number of para-hydroxylation sites is 1. The molecule has 6 heteroatoms. The average Bonchev–Trinajstić information content (AvgIpc) is 3.42. The number of hydrogen-bond acceptors (Lipinski definition) is 4. The van der Waals surface area contributed by atoms with E-state index in [0.29, 0.717) is 11.6 Å². The number of likely N-dealkylation sites (tertiary alicyclic amines) is 1. The van der Waals surface area contributed by atoms with Crippen LogP contribution in [-0.2, 0) is 0 Å². The van der Waals surface area contributed by atoms with E-state index in [1.165, 1.54) is 6.42 Å². The first-order chi connectivity index (χ1) is 13.8. The van der Waals surface area contributed by atoms with E-state index in [4.69, 9.17) is 5.10 Å². The van der Waals surface area contributed by atoms with E-state index >= 15 is 0 Å². The van der Waals surface area contributed by atoms with Crippen LogP contribution in [0.5, 0.6) is 0 Å². The van der Waals surface area contributed by atoms with Gasteiger partial charge < -0.3 is 10.2 Å². The number of benzene rings is 1. The molecule has 28 heavy (non-hydrogen) atoms. The smallest absolute Gasteiger partial charge is 0.274 e. The standard InChI is InChI=1S/C22H26N4OS/c1-23-12-9-17-10-13-25(14-11-17)22(27)19-16-20(21-8-5-15-28-21)26(24-19)18-6-3-2-4-7-18/h2-8,15-17,23H,9-14H2,1H3. The number of rotatable bonds is 6. The third-order valence-electron chi connectivity index (χ3n) is 5.41. The fourth-order valence-corrected chi connectivity index (χ4v) is 4.51. The minimum absolute atomic E-state index is 0.0413. The Hall–Kier alpha value is -2.44. The van der Waals surface area contributed by atoms with Crippen LogP contribution in [0, 0.1) is 5.92 Å². The molecular weight excluding hydrogens is 368 g/mol. The Morgan fingerprint density at radius 2 is 1.96 bits per heavy atom. The van der Waals surface area contributed by atoms with E-state index in [1.54, 1.807) is 11.3 Å². The highest BCUT2D eigenvalue weighted by Gasteiger charge is 2.26. The lowest BCUT2D eigenvalue weighted by atomic mass is 9.93. The lowest BCUT2D eigenvalue weighted by Gasteiger charge is -2.31. The predicted octanol–water partition coefficient (Wildman–Crippen LogP) is 4.06. The molecule has 3 heterocycles. The summed E-state index contributed by atoms with van der Waals surface area (Å²) in [5.41, 5.74) is 2.46. The van der Waals surface area contributed by atoms with Gasteiger partial charge in [0.1, 0.15) is 0 Å². The summed E-state index contributed by atoms with van der Waals surface area (Å²) in [6.07, 6.45) is 3.33. The number of nitrogens with zero attached hydrogens (tertiary/aromatic N) is 3. The van der Waals surface area contributed by atoms with Crippen LogP contribution >= 0.6 is 11.3 Å². The largest absolute Gasteiger partial charge is 0.337 e. The molecule has 1 N–H and O–H groups in total. The van der Waals surface area contributed by atoms with Crippen molar-refractivity contribution in [3.05, 3.63) is 59.6 Å². The van der Waals surface area contributed by atoms with Crippen LogP contribution in [-0.4, -0.2) is 47.3 Å². The summed E-state index contributed by atoms with van der Waals surface area (Å²) < 4.78 is 1.89. The zero-order valence-electron chi connectivity index (χ0n) is 16.2. The van der Waals surface area contributed by atoms with Crippen LogP contribution in [0.1, 0.15) is 29.8 Å². The van der Waals surface area contributed by atoms with Gasteiger partial charge in [-0.15, -0.1) is 11.3 Å². The molecule has 0 saturated carbocycles. The van der Waals surface area contributed by atoms with Crippen molar-refractivity contribution in [2.24, 2.45) is 5.92 Å². The molecule has 3 aromatic rings. The Balaban J connectivity index is 1.56. The molecule has 1 fully saturated rings. The van der Waals surface area contributed by atoms with Gasteiger partial charge in [0.2, 0.25) is 0 Å². The molecule has 0 atom stereocenters. The molecule has 1 amide bonds. The lowest BCUT2D eigenvalue weighted by molar-refractivity contribution is 0.0680. The Bertz CT molecular complexity index is 896. The second kappa shape index (κ2) is 8.71. The Labute approximate surface area is 170 Å². The second-order valence-electron chi connectivity index (χ2n) is 7.27. The van der Waals surface area contributed by atoms with Gasteiger partial charge in [-0.25, -0.2) is 4.68 Å². The van der Waals surface area contributed by atoms with Crippen molar-refractivity contribution in [2.75, 3.05) is 26.7 Å². The summed E-state index contributed by atoms with van der Waals surface area (Å²) in [7, 11) is 1.99. The van der Waals surface area contributed by atoms with Crippen molar-refractivity contribution in [3.8, 4) is 16.3 Å². The summed E-state index contributed by atoms with van der Waals surface area (Å²) >= 11 is 1.66. The van der Waals surface area contributed by atoms with Crippen molar-refractivity contribution in [3.63, 3.8) is 0 Å². The molecule has 5 nitrogen and oxygen atoms in total. The quantitative estimate of drug-likeness (QED) is 0.686. The number of thiophene rings is 1. The number of amides is 1. The van der Waals surface area contributed by atoms with Crippen LogP contribution in [0.3, 0.4) is 0 Å². The van der Waals surface area contributed by atoms with Crippen molar-refractivity contribution >= 4 is 17.2 Å². The zero-order chi connectivity index (χ0) is 19.3. The highest BCUT2D eigenvalue weighted by atomic mass is 32.1.